The highest BCUT2D eigenvalue weighted by Crippen LogP contribution is 2.44. The molecule has 0 spiro atoms. The van der Waals surface area contributed by atoms with Crippen molar-refractivity contribution in [2.45, 2.75) is 0 Å². The van der Waals surface area contributed by atoms with E-state index in [1.165, 1.54) is 73.0 Å². The summed E-state index contributed by atoms with van der Waals surface area (Å²) >= 11 is 3.72. The number of fused-ring (bicyclic) bond motifs is 9. The average Bonchev–Trinajstić information content (AvgIpc) is 3.70. The lowest BCUT2D eigenvalue weighted by molar-refractivity contribution is 1.30. The van der Waals surface area contributed by atoms with Crippen molar-refractivity contribution in [2.24, 2.45) is 0 Å². The highest BCUT2D eigenvalue weighted by atomic mass is 32.1. The fourth-order valence-electron chi connectivity index (χ4n) is 7.24. The molecule has 1 nitrogen and oxygen atoms in total. The van der Waals surface area contributed by atoms with Crippen LogP contribution in [0.1, 0.15) is 0 Å². The Morgan fingerprint density at radius 3 is 1.40 bits per heavy atom. The highest BCUT2D eigenvalue weighted by molar-refractivity contribution is 7.26. The lowest BCUT2D eigenvalue weighted by atomic mass is 9.93. The second-order valence-corrected chi connectivity index (χ2v) is 14.3. The van der Waals surface area contributed by atoms with E-state index in [1.807, 2.05) is 22.7 Å². The van der Waals surface area contributed by atoms with Crippen LogP contribution >= 0.6 is 22.7 Å². The number of anilines is 3. The standard InChI is InChI=1S/C44H27NS2/c1-2-10-33-29(9-1)25-38(35-12-4-3-11-34(33)35)28-17-19-30(20-18-28)45(31-21-23-43-39(26-31)36-13-5-7-15-41(36)46-43)32-22-24-44-40(27-32)37-14-6-8-16-42(37)47-44/h1-27H. The third-order valence-electron chi connectivity index (χ3n) is 9.44. The van der Waals surface area contributed by atoms with Crippen LogP contribution in [-0.2, 0) is 0 Å². The van der Waals surface area contributed by atoms with Gasteiger partial charge in [-0.15, -0.1) is 22.7 Å². The second kappa shape index (κ2) is 10.5. The summed E-state index contributed by atoms with van der Waals surface area (Å²) in [5.74, 6) is 0. The molecule has 10 rings (SSSR count). The molecule has 0 saturated heterocycles. The lowest BCUT2D eigenvalue weighted by Gasteiger charge is -2.26. The summed E-state index contributed by atoms with van der Waals surface area (Å²) in [5, 5.41) is 10.4. The molecule has 0 amide bonds. The molecule has 47 heavy (non-hydrogen) atoms. The summed E-state index contributed by atoms with van der Waals surface area (Å²) in [7, 11) is 0. The van der Waals surface area contributed by atoms with Crippen molar-refractivity contribution < 1.29 is 0 Å². The van der Waals surface area contributed by atoms with Gasteiger partial charge in [0.25, 0.3) is 0 Å². The van der Waals surface area contributed by atoms with Crippen LogP contribution in [0.4, 0.5) is 17.1 Å². The summed E-state index contributed by atoms with van der Waals surface area (Å²) in [5.41, 5.74) is 5.92. The van der Waals surface area contributed by atoms with E-state index in [-0.39, 0.29) is 0 Å². The Labute approximate surface area is 280 Å². The molecule has 0 N–H and O–H groups in total. The van der Waals surface area contributed by atoms with Crippen LogP contribution in [0.3, 0.4) is 0 Å². The minimum Gasteiger partial charge on any atom is -0.310 e. The van der Waals surface area contributed by atoms with Gasteiger partial charge >= 0.3 is 0 Å². The molecular weight excluding hydrogens is 607 g/mol. The normalized spacial score (nSPS) is 11.8. The van der Waals surface area contributed by atoms with Gasteiger partial charge in [-0.3, -0.25) is 0 Å². The van der Waals surface area contributed by atoms with Crippen LogP contribution in [-0.4, -0.2) is 0 Å². The molecule has 0 aliphatic heterocycles. The molecule has 0 radical (unpaired) electrons. The van der Waals surface area contributed by atoms with Crippen molar-refractivity contribution in [1.29, 1.82) is 0 Å². The van der Waals surface area contributed by atoms with Gasteiger partial charge in [0, 0.05) is 57.4 Å². The first-order valence-electron chi connectivity index (χ1n) is 15.9. The molecule has 0 atom stereocenters. The summed E-state index contributed by atoms with van der Waals surface area (Å²) in [4.78, 5) is 2.42. The van der Waals surface area contributed by atoms with Gasteiger partial charge < -0.3 is 4.90 Å². The third-order valence-corrected chi connectivity index (χ3v) is 11.7. The van der Waals surface area contributed by atoms with Gasteiger partial charge in [0.05, 0.1) is 0 Å². The summed E-state index contributed by atoms with van der Waals surface area (Å²) in [6.45, 7) is 0. The first kappa shape index (κ1) is 26.7. The fourth-order valence-corrected chi connectivity index (χ4v) is 9.41. The van der Waals surface area contributed by atoms with Crippen LogP contribution < -0.4 is 4.90 Å². The van der Waals surface area contributed by atoms with Crippen LogP contribution in [0.25, 0.3) is 73.0 Å². The molecule has 2 heterocycles. The Kier molecular flexibility index (Phi) is 5.98. The van der Waals surface area contributed by atoms with Crippen molar-refractivity contribution in [1.82, 2.24) is 0 Å². The van der Waals surface area contributed by atoms with E-state index in [4.69, 9.17) is 0 Å². The van der Waals surface area contributed by atoms with Crippen molar-refractivity contribution in [3.63, 3.8) is 0 Å². The van der Waals surface area contributed by atoms with Gasteiger partial charge in [0.1, 0.15) is 0 Å². The van der Waals surface area contributed by atoms with E-state index in [1.54, 1.807) is 0 Å². The quantitative estimate of drug-likeness (QED) is 0.174. The fraction of sp³-hybridized carbons (Fsp3) is 0. The maximum Gasteiger partial charge on any atom is 0.0468 e. The minimum atomic E-state index is 1.14. The Hall–Kier alpha value is -5.48. The largest absolute Gasteiger partial charge is 0.310 e. The Bertz CT molecular complexity index is 2690. The van der Waals surface area contributed by atoms with E-state index < -0.39 is 0 Å². The molecule has 3 heteroatoms. The minimum absolute atomic E-state index is 1.14. The van der Waals surface area contributed by atoms with Gasteiger partial charge in [-0.05, 0) is 99.4 Å². The third kappa shape index (κ3) is 4.28. The van der Waals surface area contributed by atoms with Crippen molar-refractivity contribution in [3.05, 3.63) is 164 Å². The topological polar surface area (TPSA) is 3.24 Å². The van der Waals surface area contributed by atoms with Gasteiger partial charge in [0.15, 0.2) is 0 Å². The van der Waals surface area contributed by atoms with Crippen molar-refractivity contribution in [3.8, 4) is 11.1 Å². The smallest absolute Gasteiger partial charge is 0.0468 e. The number of thiophene rings is 2. The van der Waals surface area contributed by atoms with Crippen LogP contribution in [0, 0.1) is 0 Å². The second-order valence-electron chi connectivity index (χ2n) is 12.1. The Morgan fingerprint density at radius 2 is 0.787 bits per heavy atom. The molecule has 220 valence electrons. The average molecular weight is 634 g/mol. The van der Waals surface area contributed by atoms with Gasteiger partial charge in [-0.2, -0.15) is 0 Å². The molecular formula is C44H27NS2. The maximum atomic E-state index is 2.42. The van der Waals surface area contributed by atoms with E-state index in [2.05, 4.69) is 169 Å². The lowest BCUT2D eigenvalue weighted by Crippen LogP contribution is -2.09. The molecule has 0 fully saturated rings. The monoisotopic (exact) mass is 633 g/mol. The molecule has 0 bridgehead atoms. The molecule has 10 aromatic rings. The molecule has 2 aromatic heterocycles. The number of nitrogens with zero attached hydrogens (tertiary/aromatic N) is 1. The first-order valence-corrected chi connectivity index (χ1v) is 17.6. The Morgan fingerprint density at radius 1 is 0.319 bits per heavy atom. The highest BCUT2D eigenvalue weighted by Gasteiger charge is 2.17. The van der Waals surface area contributed by atoms with E-state index in [0.29, 0.717) is 0 Å². The summed E-state index contributed by atoms with van der Waals surface area (Å²) in [6.07, 6.45) is 0. The Balaban J connectivity index is 1.17. The molecule has 0 aliphatic carbocycles. The van der Waals surface area contributed by atoms with Crippen LogP contribution in [0.2, 0.25) is 0 Å². The van der Waals surface area contributed by atoms with Crippen LogP contribution in [0.15, 0.2) is 164 Å². The summed E-state index contributed by atoms with van der Waals surface area (Å²) < 4.78 is 5.27. The predicted octanol–water partition coefficient (Wildman–Crippen LogP) is 13.9. The first-order chi connectivity index (χ1) is 23.3. The van der Waals surface area contributed by atoms with Gasteiger partial charge in [-0.1, -0.05) is 97.1 Å². The SMILES string of the molecule is c1ccc2c(c1)cc(-c1ccc(N(c3ccc4sc5ccccc5c4c3)c3ccc4sc5ccccc5c4c3)cc1)c1ccccc12. The van der Waals surface area contributed by atoms with Gasteiger partial charge in [-0.25, -0.2) is 0 Å². The van der Waals surface area contributed by atoms with Crippen molar-refractivity contribution in [2.75, 3.05) is 4.90 Å². The molecule has 0 unspecified atom stereocenters. The zero-order chi connectivity index (χ0) is 30.9. The van der Waals surface area contributed by atoms with Crippen LogP contribution in [0.5, 0.6) is 0 Å². The maximum absolute atomic E-state index is 2.42. The number of hydrogen-bond donors (Lipinski definition) is 0. The van der Waals surface area contributed by atoms with E-state index in [9.17, 15) is 0 Å². The van der Waals surface area contributed by atoms with Crippen molar-refractivity contribution >= 4 is 102 Å². The molecule has 8 aromatic carbocycles. The number of benzene rings is 8. The number of rotatable bonds is 4. The molecule has 0 saturated carbocycles. The molecule has 0 aliphatic rings. The van der Waals surface area contributed by atoms with E-state index in [0.717, 1.165) is 17.1 Å². The zero-order valence-corrected chi connectivity index (χ0v) is 27.0. The predicted molar refractivity (Wildman–Crippen MR) is 207 cm³/mol. The van der Waals surface area contributed by atoms with Gasteiger partial charge in [0.2, 0.25) is 0 Å². The summed E-state index contributed by atoms with van der Waals surface area (Å²) in [6, 6.07) is 60.3. The van der Waals surface area contributed by atoms with E-state index >= 15 is 0 Å². The zero-order valence-electron chi connectivity index (χ0n) is 25.4. The number of hydrogen-bond acceptors (Lipinski definition) is 3.